The molecule has 0 saturated heterocycles. The summed E-state index contributed by atoms with van der Waals surface area (Å²) in [5, 5.41) is 3.34. The summed E-state index contributed by atoms with van der Waals surface area (Å²) >= 11 is 6.75. The van der Waals surface area contributed by atoms with Gasteiger partial charge in [0.15, 0.2) is 15.0 Å². The number of nitrogens with zero attached hydrogens (tertiary/aromatic N) is 2. The minimum Gasteiger partial charge on any atom is -0.296 e. The second-order valence-electron chi connectivity index (χ2n) is 5.45. The lowest BCUT2D eigenvalue weighted by molar-refractivity contribution is 0.102. The predicted molar refractivity (Wildman–Crippen MR) is 101 cm³/mol. The third-order valence-corrected chi connectivity index (χ3v) is 7.13. The number of nitrogens with one attached hydrogen (secondary N) is 1. The minimum absolute atomic E-state index is 0.128. The van der Waals surface area contributed by atoms with E-state index in [1.54, 1.807) is 49.4 Å². The van der Waals surface area contributed by atoms with Crippen molar-refractivity contribution in [3.8, 4) is 0 Å². The van der Waals surface area contributed by atoms with Crippen molar-refractivity contribution < 1.29 is 13.2 Å². The molecule has 1 aromatic carbocycles. The number of hydrogen-bond donors (Lipinski definition) is 1. The van der Waals surface area contributed by atoms with E-state index in [9.17, 15) is 13.2 Å². The molecule has 0 radical (unpaired) electrons. The zero-order chi connectivity index (χ0) is 18.7. The van der Waals surface area contributed by atoms with Crippen LogP contribution in [0, 0.1) is 6.92 Å². The fourth-order valence-electron chi connectivity index (χ4n) is 2.25. The summed E-state index contributed by atoms with van der Waals surface area (Å²) in [4.78, 5) is 20.2. The summed E-state index contributed by atoms with van der Waals surface area (Å²) in [7, 11) is -3.59. The number of hydrogen-bond acceptors (Lipinski definition) is 6. The Hall–Kier alpha value is -2.29. The van der Waals surface area contributed by atoms with Gasteiger partial charge in [-0.05, 0) is 36.8 Å². The molecule has 0 bridgehead atoms. The molecule has 0 unspecified atom stereocenters. The Balaban J connectivity index is 1.80. The number of thiazole rings is 1. The van der Waals surface area contributed by atoms with Gasteiger partial charge in [-0.1, -0.05) is 41.1 Å². The number of pyridine rings is 1. The normalized spacial score (nSPS) is 11.3. The Morgan fingerprint density at radius 3 is 2.58 bits per heavy atom. The van der Waals surface area contributed by atoms with Crippen LogP contribution in [-0.4, -0.2) is 24.3 Å². The first kappa shape index (κ1) is 18.5. The van der Waals surface area contributed by atoms with E-state index in [4.69, 9.17) is 11.6 Å². The number of aromatic nitrogens is 2. The van der Waals surface area contributed by atoms with Crippen LogP contribution in [0.4, 0.5) is 5.13 Å². The number of carbonyl (C=O) groups excluding carboxylic acids is 1. The highest BCUT2D eigenvalue weighted by Gasteiger charge is 2.23. The number of amides is 1. The van der Waals surface area contributed by atoms with Crippen molar-refractivity contribution in [1.82, 2.24) is 9.97 Å². The topological polar surface area (TPSA) is 89.0 Å². The molecule has 0 aliphatic rings. The van der Waals surface area contributed by atoms with Crippen LogP contribution in [-0.2, 0) is 15.6 Å². The zero-order valence-corrected chi connectivity index (χ0v) is 16.0. The Morgan fingerprint density at radius 1 is 1.19 bits per heavy atom. The molecule has 0 aliphatic carbocycles. The maximum atomic E-state index is 12.7. The molecule has 0 aliphatic heterocycles. The number of rotatable bonds is 5. The first-order valence-electron chi connectivity index (χ1n) is 7.52. The lowest BCUT2D eigenvalue weighted by Gasteiger charge is -2.03. The second-order valence-corrected chi connectivity index (χ2v) is 9.07. The van der Waals surface area contributed by atoms with E-state index < -0.39 is 15.7 Å². The Bertz CT molecular complexity index is 1030. The highest BCUT2D eigenvalue weighted by Crippen LogP contribution is 2.30. The highest BCUT2D eigenvalue weighted by atomic mass is 35.5. The highest BCUT2D eigenvalue weighted by molar-refractivity contribution is 7.92. The van der Waals surface area contributed by atoms with E-state index in [0.717, 1.165) is 11.3 Å². The van der Waals surface area contributed by atoms with Gasteiger partial charge >= 0.3 is 0 Å². The largest absolute Gasteiger partial charge is 0.296 e. The van der Waals surface area contributed by atoms with Crippen LogP contribution in [0.25, 0.3) is 0 Å². The second kappa shape index (κ2) is 7.53. The van der Waals surface area contributed by atoms with Gasteiger partial charge in [-0.2, -0.15) is 0 Å². The number of aryl methyl sites for hydroxylation is 1. The molecule has 3 aromatic rings. The zero-order valence-electron chi connectivity index (χ0n) is 13.6. The first-order chi connectivity index (χ1) is 12.3. The van der Waals surface area contributed by atoms with Crippen molar-refractivity contribution in [3.05, 3.63) is 70.6 Å². The van der Waals surface area contributed by atoms with Crippen LogP contribution in [0.1, 0.15) is 21.7 Å². The predicted octanol–water partition coefficient (Wildman–Crippen LogP) is 3.73. The SMILES string of the molecule is Cc1nc(NC(=O)c2ccccn2)sc1S(=O)(=O)Cc1ccc(Cl)cc1. The maximum Gasteiger partial charge on any atom is 0.276 e. The minimum atomic E-state index is -3.59. The van der Waals surface area contributed by atoms with Crippen molar-refractivity contribution in [1.29, 1.82) is 0 Å². The number of benzene rings is 1. The molecule has 9 heteroatoms. The summed E-state index contributed by atoms with van der Waals surface area (Å²) < 4.78 is 25.5. The average molecular weight is 408 g/mol. The standard InChI is InChI=1S/C17H14ClN3O3S2/c1-11-16(26(23,24)10-12-5-7-13(18)8-6-12)25-17(20-11)21-15(22)14-4-2-3-9-19-14/h2-9H,10H2,1H3,(H,20,21,22). The van der Waals surface area contributed by atoms with Crippen LogP contribution in [0.5, 0.6) is 0 Å². The molecule has 134 valence electrons. The molecule has 0 spiro atoms. The van der Waals surface area contributed by atoms with Gasteiger partial charge in [0.25, 0.3) is 5.91 Å². The molecule has 0 saturated carbocycles. The molecule has 0 atom stereocenters. The van der Waals surface area contributed by atoms with Gasteiger partial charge in [0.05, 0.1) is 11.4 Å². The maximum absolute atomic E-state index is 12.7. The van der Waals surface area contributed by atoms with E-state index in [1.165, 1.54) is 6.20 Å². The summed E-state index contributed by atoms with van der Waals surface area (Å²) in [6, 6.07) is 11.6. The fraction of sp³-hybridized carbons (Fsp3) is 0.118. The van der Waals surface area contributed by atoms with Gasteiger partial charge in [-0.25, -0.2) is 13.4 Å². The van der Waals surface area contributed by atoms with E-state index in [2.05, 4.69) is 15.3 Å². The summed E-state index contributed by atoms with van der Waals surface area (Å²) in [5.74, 6) is -0.609. The van der Waals surface area contributed by atoms with Crippen molar-refractivity contribution in [3.63, 3.8) is 0 Å². The summed E-state index contributed by atoms with van der Waals surface area (Å²) in [5.41, 5.74) is 1.20. The summed E-state index contributed by atoms with van der Waals surface area (Å²) in [6.45, 7) is 1.60. The Morgan fingerprint density at radius 2 is 1.92 bits per heavy atom. The van der Waals surface area contributed by atoms with Crippen LogP contribution < -0.4 is 5.32 Å². The number of sulfone groups is 1. The first-order valence-corrected chi connectivity index (χ1v) is 10.4. The molecule has 3 rings (SSSR count). The lowest BCUT2D eigenvalue weighted by atomic mass is 10.2. The van der Waals surface area contributed by atoms with E-state index >= 15 is 0 Å². The van der Waals surface area contributed by atoms with Crippen LogP contribution >= 0.6 is 22.9 Å². The van der Waals surface area contributed by atoms with Gasteiger partial charge in [0, 0.05) is 11.2 Å². The number of halogens is 1. The van der Waals surface area contributed by atoms with Gasteiger partial charge in [-0.3, -0.25) is 15.1 Å². The molecular weight excluding hydrogens is 394 g/mol. The Labute approximate surface area is 159 Å². The van der Waals surface area contributed by atoms with Crippen molar-refractivity contribution in [2.45, 2.75) is 16.9 Å². The van der Waals surface area contributed by atoms with Gasteiger partial charge < -0.3 is 0 Å². The third-order valence-electron chi connectivity index (χ3n) is 3.42. The van der Waals surface area contributed by atoms with Crippen LogP contribution in [0.15, 0.2) is 52.9 Å². The van der Waals surface area contributed by atoms with Crippen LogP contribution in [0.3, 0.4) is 0 Å². The molecule has 1 amide bonds. The van der Waals surface area contributed by atoms with Gasteiger partial charge in [-0.15, -0.1) is 0 Å². The van der Waals surface area contributed by atoms with Crippen molar-refractivity contribution in [2.24, 2.45) is 0 Å². The average Bonchev–Trinajstić information content (AvgIpc) is 2.99. The monoisotopic (exact) mass is 407 g/mol. The fourth-order valence-corrected chi connectivity index (χ4v) is 5.25. The lowest BCUT2D eigenvalue weighted by Crippen LogP contribution is -2.13. The number of anilines is 1. The van der Waals surface area contributed by atoms with E-state index in [1.807, 2.05) is 0 Å². The molecule has 2 heterocycles. The van der Waals surface area contributed by atoms with E-state index in [0.29, 0.717) is 16.3 Å². The number of carbonyl (C=O) groups is 1. The van der Waals surface area contributed by atoms with Crippen molar-refractivity contribution >= 4 is 43.8 Å². The van der Waals surface area contributed by atoms with Gasteiger partial charge in [0.2, 0.25) is 0 Å². The molecule has 1 N–H and O–H groups in total. The Kier molecular flexibility index (Phi) is 5.36. The van der Waals surface area contributed by atoms with Crippen molar-refractivity contribution in [2.75, 3.05) is 5.32 Å². The molecule has 2 aromatic heterocycles. The molecule has 0 fully saturated rings. The molecule has 26 heavy (non-hydrogen) atoms. The van der Waals surface area contributed by atoms with Gasteiger partial charge in [0.1, 0.15) is 9.90 Å². The molecule has 6 nitrogen and oxygen atoms in total. The third kappa shape index (κ3) is 4.27. The molecular formula is C17H14ClN3O3S2. The quantitative estimate of drug-likeness (QED) is 0.696. The van der Waals surface area contributed by atoms with Crippen LogP contribution in [0.2, 0.25) is 5.02 Å². The summed E-state index contributed by atoms with van der Waals surface area (Å²) in [6.07, 6.45) is 1.50. The smallest absolute Gasteiger partial charge is 0.276 e. The van der Waals surface area contributed by atoms with E-state index in [-0.39, 0.29) is 20.8 Å².